The van der Waals surface area contributed by atoms with Gasteiger partial charge in [-0.3, -0.25) is 0 Å². The molecule has 0 amide bonds. The standard InChI is InChI=1S/3C16H32O2.C8H17.Sn/c3*1-2-3-4-5-6-7-8-9-10-11-12-13-14-15-16(17)18;1-3-5-7-8-6-4-2;/h3*2-15H2,1H3,(H,17,18);1,3-8H2,2H3;/q;;;;+3/p-3. The summed E-state index contributed by atoms with van der Waals surface area (Å²) in [7, 11) is 0. The van der Waals surface area contributed by atoms with E-state index in [9.17, 15) is 14.4 Å². The van der Waals surface area contributed by atoms with Gasteiger partial charge in [0.05, 0.1) is 0 Å². The van der Waals surface area contributed by atoms with E-state index < -0.39 is 19.6 Å². The topological polar surface area (TPSA) is 78.9 Å². The van der Waals surface area contributed by atoms with Crippen LogP contribution in [0.1, 0.15) is 336 Å². The van der Waals surface area contributed by atoms with E-state index in [0.717, 1.165) is 83.5 Å². The zero-order valence-corrected chi connectivity index (χ0v) is 46.0. The van der Waals surface area contributed by atoms with Gasteiger partial charge in [0.25, 0.3) is 0 Å². The fourth-order valence-corrected chi connectivity index (χ4v) is 15.9. The number of carbonyl (C=O) groups excluding carboxylic acids is 3. The molecule has 0 radical (unpaired) electrons. The summed E-state index contributed by atoms with van der Waals surface area (Å²) in [5.74, 6) is -1.04. The van der Waals surface area contributed by atoms with Crippen LogP contribution in [0, 0.1) is 0 Å². The average Bonchev–Trinajstić information content (AvgIpc) is 3.27. The summed E-state index contributed by atoms with van der Waals surface area (Å²) in [6.45, 7) is 9.03. The Bertz CT molecular complexity index is 864. The maximum atomic E-state index is 13.5. The summed E-state index contributed by atoms with van der Waals surface area (Å²) >= 11 is -4.91. The second-order valence-electron chi connectivity index (χ2n) is 19.6. The minimum absolute atomic E-state index is 0.291. The van der Waals surface area contributed by atoms with Gasteiger partial charge >= 0.3 is 304 Å². The van der Waals surface area contributed by atoms with Gasteiger partial charge in [-0.25, -0.2) is 0 Å². The fourth-order valence-electron chi connectivity index (χ4n) is 8.87. The van der Waals surface area contributed by atoms with Gasteiger partial charge in [-0.1, -0.05) is 97.8 Å². The van der Waals surface area contributed by atoms with Gasteiger partial charge < -0.3 is 0 Å². The van der Waals surface area contributed by atoms with Crippen molar-refractivity contribution in [1.82, 2.24) is 0 Å². The van der Waals surface area contributed by atoms with E-state index in [-0.39, 0.29) is 17.9 Å². The minimum Gasteiger partial charge on any atom is -0.0654 e. The number of unbranched alkanes of at least 4 members (excludes halogenated alkanes) is 41. The third-order valence-corrected chi connectivity index (χ3v) is 20.5. The van der Waals surface area contributed by atoms with Crippen LogP contribution in [0.25, 0.3) is 0 Å². The average molecular weight is 998 g/mol. The van der Waals surface area contributed by atoms with Crippen LogP contribution in [0.15, 0.2) is 0 Å². The molecule has 0 atom stereocenters. The van der Waals surface area contributed by atoms with Crippen LogP contribution in [0.5, 0.6) is 0 Å². The Balaban J connectivity index is 5.13. The third kappa shape index (κ3) is 46.1. The molecule has 374 valence electrons. The van der Waals surface area contributed by atoms with Gasteiger partial charge in [0.2, 0.25) is 0 Å². The Morgan fingerprint density at radius 2 is 0.397 bits per heavy atom. The second kappa shape index (κ2) is 50.6. The molecule has 0 saturated carbocycles. The van der Waals surface area contributed by atoms with Crippen LogP contribution in [0.3, 0.4) is 0 Å². The zero-order valence-electron chi connectivity index (χ0n) is 43.1. The van der Waals surface area contributed by atoms with Crippen molar-refractivity contribution in [3.8, 4) is 0 Å². The summed E-state index contributed by atoms with van der Waals surface area (Å²) in [5.41, 5.74) is 0. The maximum absolute atomic E-state index is 13.5. The van der Waals surface area contributed by atoms with Crippen molar-refractivity contribution in [2.24, 2.45) is 0 Å². The zero-order chi connectivity index (χ0) is 46.0. The fraction of sp³-hybridized carbons (Fsp3) is 0.946. The van der Waals surface area contributed by atoms with E-state index in [1.165, 1.54) is 205 Å². The van der Waals surface area contributed by atoms with Crippen molar-refractivity contribution in [1.29, 1.82) is 0 Å². The van der Waals surface area contributed by atoms with Crippen molar-refractivity contribution in [2.75, 3.05) is 0 Å². The van der Waals surface area contributed by atoms with E-state index in [2.05, 4.69) is 27.7 Å². The number of hydrogen-bond donors (Lipinski definition) is 0. The van der Waals surface area contributed by atoms with E-state index in [4.69, 9.17) is 9.22 Å². The van der Waals surface area contributed by atoms with E-state index >= 15 is 0 Å². The van der Waals surface area contributed by atoms with Gasteiger partial charge in [-0.2, -0.15) is 0 Å². The molecule has 0 aliphatic rings. The van der Waals surface area contributed by atoms with Gasteiger partial charge in [-0.15, -0.1) is 0 Å². The molecule has 0 saturated heterocycles. The van der Waals surface area contributed by atoms with E-state index in [0.29, 0.717) is 23.7 Å². The Kier molecular flexibility index (Phi) is 50.0. The Morgan fingerprint density at radius 1 is 0.238 bits per heavy atom. The SMILES string of the molecule is CCCCCCCCCCCCCCCC(=O)[O][Sn]([CH2]CCCCCCC)([O]C(=O)CCCCCCCCCCCCCCC)[O]C(=O)CCCCCCCCCCCCCCC. The predicted molar refractivity (Wildman–Crippen MR) is 273 cm³/mol. The molecule has 0 aliphatic heterocycles. The normalized spacial score (nSPS) is 11.6. The summed E-state index contributed by atoms with van der Waals surface area (Å²) in [5, 5.41) is 0. The van der Waals surface area contributed by atoms with Gasteiger partial charge in [0.15, 0.2) is 0 Å². The number of rotatable bonds is 52. The van der Waals surface area contributed by atoms with Crippen molar-refractivity contribution in [2.45, 2.75) is 340 Å². The molecule has 0 heterocycles. The Morgan fingerprint density at radius 3 is 0.587 bits per heavy atom. The van der Waals surface area contributed by atoms with Crippen LogP contribution in [-0.2, 0) is 23.6 Å². The monoisotopic (exact) mass is 999 g/mol. The van der Waals surface area contributed by atoms with Crippen LogP contribution in [0.2, 0.25) is 4.44 Å². The molecule has 0 aromatic rings. The predicted octanol–water partition coefficient (Wildman–Crippen LogP) is 19.4. The van der Waals surface area contributed by atoms with Crippen molar-refractivity contribution >= 4 is 37.5 Å². The summed E-state index contributed by atoms with van der Waals surface area (Å²) in [6.07, 6.45) is 55.7. The van der Waals surface area contributed by atoms with E-state index in [1.54, 1.807) is 0 Å². The molecule has 0 N–H and O–H groups in total. The molecule has 0 spiro atoms. The van der Waals surface area contributed by atoms with Crippen LogP contribution < -0.4 is 0 Å². The molecule has 0 aliphatic carbocycles. The summed E-state index contributed by atoms with van der Waals surface area (Å²) in [4.78, 5) is 40.5. The van der Waals surface area contributed by atoms with Gasteiger partial charge in [-0.05, 0) is 0 Å². The molecule has 0 rings (SSSR count). The van der Waals surface area contributed by atoms with Crippen molar-refractivity contribution < 1.29 is 23.6 Å². The Hall–Kier alpha value is -0.791. The molecule has 0 aromatic heterocycles. The molecular formula is C56H110O6Sn. The molecular weight excluding hydrogens is 887 g/mol. The molecule has 6 nitrogen and oxygen atoms in total. The Labute approximate surface area is 399 Å². The van der Waals surface area contributed by atoms with Crippen LogP contribution in [0.4, 0.5) is 0 Å². The molecule has 0 unspecified atom stereocenters. The summed E-state index contributed by atoms with van der Waals surface area (Å²) in [6, 6.07) is 0. The van der Waals surface area contributed by atoms with Crippen molar-refractivity contribution in [3.63, 3.8) is 0 Å². The van der Waals surface area contributed by atoms with Crippen LogP contribution >= 0.6 is 0 Å². The molecule has 0 fully saturated rings. The first-order valence-corrected chi connectivity index (χ1v) is 34.1. The number of hydrogen-bond acceptors (Lipinski definition) is 6. The first-order valence-electron chi connectivity index (χ1n) is 28.6. The first kappa shape index (κ1) is 62.2. The third-order valence-electron chi connectivity index (χ3n) is 13.1. The van der Waals surface area contributed by atoms with Crippen molar-refractivity contribution in [3.05, 3.63) is 0 Å². The quantitative estimate of drug-likeness (QED) is 0.0446. The smallest absolute Gasteiger partial charge is 0.0654 e. The van der Waals surface area contributed by atoms with Gasteiger partial charge in [0, 0.05) is 0 Å². The molecule has 63 heavy (non-hydrogen) atoms. The molecule has 0 aromatic carbocycles. The summed E-state index contributed by atoms with van der Waals surface area (Å²) < 4.78 is 19.1. The second-order valence-corrected chi connectivity index (χ2v) is 26.7. The van der Waals surface area contributed by atoms with E-state index in [1.807, 2.05) is 0 Å². The number of carbonyl (C=O) groups is 3. The minimum atomic E-state index is -4.91. The first-order chi connectivity index (χ1) is 30.9. The molecule has 0 bridgehead atoms. The van der Waals surface area contributed by atoms with Crippen LogP contribution in [-0.4, -0.2) is 37.5 Å². The van der Waals surface area contributed by atoms with Gasteiger partial charge in [0.1, 0.15) is 0 Å². The molecule has 7 heteroatoms.